The number of hydrogen-bond donors (Lipinski definition) is 2. The molecule has 2 aromatic carbocycles. The van der Waals surface area contributed by atoms with Gasteiger partial charge in [0.2, 0.25) is 0 Å². The van der Waals surface area contributed by atoms with Crippen molar-refractivity contribution in [2.24, 2.45) is 0 Å². The summed E-state index contributed by atoms with van der Waals surface area (Å²) in [4.78, 5) is 0. The van der Waals surface area contributed by atoms with Crippen LogP contribution in [0.15, 0.2) is 54.6 Å². The number of benzene rings is 2. The van der Waals surface area contributed by atoms with Gasteiger partial charge in [-0.15, -0.1) is 0 Å². The predicted molar refractivity (Wildman–Crippen MR) is 99.6 cm³/mol. The number of nitrogens with two attached hydrogens (primary N) is 1. The molecule has 0 radical (unpaired) electrons. The average molecular weight is 337 g/mol. The smallest absolute Gasteiger partial charge is 0.130 e. The normalized spacial score (nSPS) is 10.6. The highest BCUT2D eigenvalue weighted by molar-refractivity contribution is 5.60. The van der Waals surface area contributed by atoms with Crippen LogP contribution in [0.3, 0.4) is 0 Å². The number of nitrogens with zero attached hydrogens (tertiary/aromatic N) is 1. The minimum Gasteiger partial charge on any atom is -0.494 e. The molecule has 0 saturated carbocycles. The molecule has 0 bridgehead atoms. The van der Waals surface area contributed by atoms with E-state index < -0.39 is 0 Å². The first-order valence-corrected chi connectivity index (χ1v) is 8.50. The van der Waals surface area contributed by atoms with E-state index in [9.17, 15) is 0 Å². The lowest BCUT2D eigenvalue weighted by Gasteiger charge is -2.05. The molecule has 1 aromatic heterocycles. The van der Waals surface area contributed by atoms with E-state index in [0.29, 0.717) is 6.61 Å². The van der Waals surface area contributed by atoms with Crippen LogP contribution in [0.4, 0.5) is 5.69 Å². The lowest BCUT2D eigenvalue weighted by atomic mass is 10.1. The molecule has 0 saturated heterocycles. The topological polar surface area (TPSA) is 73.2 Å². The van der Waals surface area contributed by atoms with E-state index in [-0.39, 0.29) is 0 Å². The van der Waals surface area contributed by atoms with Crippen molar-refractivity contribution < 1.29 is 9.47 Å². The molecule has 0 unspecified atom stereocenters. The first-order valence-electron chi connectivity index (χ1n) is 8.50. The Hall–Kier alpha value is -2.95. The van der Waals surface area contributed by atoms with Gasteiger partial charge in [-0.25, -0.2) is 0 Å². The average Bonchev–Trinajstić information content (AvgIpc) is 3.11. The summed E-state index contributed by atoms with van der Waals surface area (Å²) in [6.45, 7) is 3.33. The number of nitrogen functional groups attached to an aromatic ring is 1. The van der Waals surface area contributed by atoms with Crippen molar-refractivity contribution in [2.75, 3.05) is 12.3 Å². The third kappa shape index (κ3) is 4.76. The summed E-state index contributed by atoms with van der Waals surface area (Å²) in [6, 6.07) is 17.3. The van der Waals surface area contributed by atoms with Gasteiger partial charge in [0.25, 0.3) is 0 Å². The van der Waals surface area contributed by atoms with Gasteiger partial charge in [-0.2, -0.15) is 5.10 Å². The minimum absolute atomic E-state index is 0.426. The monoisotopic (exact) mass is 337 g/mol. The zero-order chi connectivity index (χ0) is 17.5. The minimum atomic E-state index is 0.426. The van der Waals surface area contributed by atoms with E-state index in [1.807, 2.05) is 54.6 Å². The van der Waals surface area contributed by atoms with Crippen LogP contribution in [0.25, 0.3) is 11.3 Å². The molecule has 0 aliphatic carbocycles. The van der Waals surface area contributed by atoms with E-state index >= 15 is 0 Å². The fourth-order valence-electron chi connectivity index (χ4n) is 2.36. The SMILES string of the molecule is CCCCOc1ccc(-c2cc(COc3ccc(N)cc3)[nH]n2)cc1. The number of rotatable bonds is 8. The van der Waals surface area contributed by atoms with Crippen LogP contribution >= 0.6 is 0 Å². The maximum absolute atomic E-state index is 5.72. The Kier molecular flexibility index (Phi) is 5.57. The molecule has 0 aliphatic heterocycles. The standard InChI is InChI=1S/C20H23N3O2/c1-2-3-12-24-18-8-4-15(5-9-18)20-13-17(22-23-20)14-25-19-10-6-16(21)7-11-19/h4-11,13H,2-3,12,14,21H2,1H3,(H,22,23). The van der Waals surface area contributed by atoms with Gasteiger partial charge in [-0.05, 0) is 61.0 Å². The molecule has 0 amide bonds. The summed E-state index contributed by atoms with van der Waals surface area (Å²) in [5.41, 5.74) is 9.22. The van der Waals surface area contributed by atoms with Gasteiger partial charge in [0.15, 0.2) is 0 Å². The van der Waals surface area contributed by atoms with Crippen molar-refractivity contribution in [3.8, 4) is 22.8 Å². The molecule has 3 aromatic rings. The lowest BCUT2D eigenvalue weighted by molar-refractivity contribution is 0.301. The molecule has 0 fully saturated rings. The van der Waals surface area contributed by atoms with E-state index in [0.717, 1.165) is 53.6 Å². The molecule has 1 heterocycles. The van der Waals surface area contributed by atoms with Crippen molar-refractivity contribution >= 4 is 5.69 Å². The maximum atomic E-state index is 5.72. The highest BCUT2D eigenvalue weighted by atomic mass is 16.5. The van der Waals surface area contributed by atoms with E-state index in [4.69, 9.17) is 15.2 Å². The molecular weight excluding hydrogens is 314 g/mol. The molecule has 0 aliphatic rings. The van der Waals surface area contributed by atoms with E-state index in [1.54, 1.807) is 0 Å². The first kappa shape index (κ1) is 16.9. The van der Waals surface area contributed by atoms with Crippen LogP contribution in [0.5, 0.6) is 11.5 Å². The molecular formula is C20H23N3O2. The lowest BCUT2D eigenvalue weighted by Crippen LogP contribution is -1.96. The molecule has 25 heavy (non-hydrogen) atoms. The second-order valence-corrected chi connectivity index (χ2v) is 5.86. The number of aromatic amines is 1. The van der Waals surface area contributed by atoms with Crippen LogP contribution < -0.4 is 15.2 Å². The van der Waals surface area contributed by atoms with E-state index in [1.165, 1.54) is 0 Å². The Labute approximate surface area is 147 Å². The highest BCUT2D eigenvalue weighted by Gasteiger charge is 2.05. The van der Waals surface area contributed by atoms with Crippen molar-refractivity contribution in [2.45, 2.75) is 26.4 Å². The van der Waals surface area contributed by atoms with Crippen molar-refractivity contribution in [1.29, 1.82) is 0 Å². The Bertz CT molecular complexity index is 779. The molecule has 3 N–H and O–H groups in total. The largest absolute Gasteiger partial charge is 0.494 e. The van der Waals surface area contributed by atoms with Crippen molar-refractivity contribution in [3.05, 3.63) is 60.3 Å². The van der Waals surface area contributed by atoms with Gasteiger partial charge >= 0.3 is 0 Å². The Morgan fingerprint density at radius 1 is 0.960 bits per heavy atom. The summed E-state index contributed by atoms with van der Waals surface area (Å²) in [6.07, 6.45) is 2.20. The predicted octanol–water partition coefficient (Wildman–Crippen LogP) is 4.42. The van der Waals surface area contributed by atoms with Gasteiger partial charge in [-0.3, -0.25) is 5.10 Å². The quantitative estimate of drug-likeness (QED) is 0.471. The summed E-state index contributed by atoms with van der Waals surface area (Å²) in [5.74, 6) is 1.67. The third-order valence-electron chi connectivity index (χ3n) is 3.82. The number of nitrogens with one attached hydrogen (secondary N) is 1. The Balaban J connectivity index is 1.58. The summed E-state index contributed by atoms with van der Waals surface area (Å²) in [7, 11) is 0. The zero-order valence-corrected chi connectivity index (χ0v) is 14.4. The van der Waals surface area contributed by atoms with Crippen molar-refractivity contribution in [1.82, 2.24) is 10.2 Å². The zero-order valence-electron chi connectivity index (χ0n) is 14.4. The second-order valence-electron chi connectivity index (χ2n) is 5.86. The Morgan fingerprint density at radius 2 is 1.64 bits per heavy atom. The second kappa shape index (κ2) is 8.24. The van der Waals surface area contributed by atoms with Gasteiger partial charge in [0.05, 0.1) is 18.0 Å². The number of ether oxygens (including phenoxy) is 2. The fraction of sp³-hybridized carbons (Fsp3) is 0.250. The van der Waals surface area contributed by atoms with Crippen LogP contribution in [0.1, 0.15) is 25.5 Å². The molecule has 3 rings (SSSR count). The number of unbranched alkanes of at least 4 members (excludes halogenated alkanes) is 1. The molecule has 130 valence electrons. The molecule has 5 nitrogen and oxygen atoms in total. The van der Waals surface area contributed by atoms with Crippen LogP contribution in [-0.4, -0.2) is 16.8 Å². The number of aromatic nitrogens is 2. The summed E-state index contributed by atoms with van der Waals surface area (Å²) in [5, 5.41) is 7.36. The molecule has 0 atom stereocenters. The van der Waals surface area contributed by atoms with Crippen LogP contribution in [0, 0.1) is 0 Å². The molecule has 5 heteroatoms. The maximum Gasteiger partial charge on any atom is 0.130 e. The van der Waals surface area contributed by atoms with Gasteiger partial charge in [0.1, 0.15) is 18.1 Å². The van der Waals surface area contributed by atoms with Crippen molar-refractivity contribution in [3.63, 3.8) is 0 Å². The third-order valence-corrected chi connectivity index (χ3v) is 3.82. The Morgan fingerprint density at radius 3 is 2.36 bits per heavy atom. The number of H-pyrrole nitrogens is 1. The summed E-state index contributed by atoms with van der Waals surface area (Å²) < 4.78 is 11.4. The van der Waals surface area contributed by atoms with Gasteiger partial charge in [0, 0.05) is 11.3 Å². The van der Waals surface area contributed by atoms with Crippen LogP contribution in [-0.2, 0) is 6.61 Å². The van der Waals surface area contributed by atoms with Crippen LogP contribution in [0.2, 0.25) is 0 Å². The first-order chi connectivity index (χ1) is 12.2. The van der Waals surface area contributed by atoms with Gasteiger partial charge < -0.3 is 15.2 Å². The fourth-order valence-corrected chi connectivity index (χ4v) is 2.36. The molecule has 0 spiro atoms. The van der Waals surface area contributed by atoms with Gasteiger partial charge in [-0.1, -0.05) is 13.3 Å². The number of hydrogen-bond acceptors (Lipinski definition) is 4. The van der Waals surface area contributed by atoms with E-state index in [2.05, 4.69) is 17.1 Å². The highest BCUT2D eigenvalue weighted by Crippen LogP contribution is 2.22. The number of anilines is 1. The summed E-state index contributed by atoms with van der Waals surface area (Å²) >= 11 is 0.